The summed E-state index contributed by atoms with van der Waals surface area (Å²) in [6.07, 6.45) is 0. The van der Waals surface area contributed by atoms with Crippen LogP contribution in [0.25, 0.3) is 11.1 Å². The Kier molecular flexibility index (Phi) is 13.7. The van der Waals surface area contributed by atoms with Gasteiger partial charge in [-0.1, -0.05) is 272 Å². The standard InChI is InChI=1S/C88H94BN3/c1-81(2,3)56-34-41-60(42-35-56)90(61-43-36-57(37-44-61)82(4,5)6)63-49-78-80-79(50-63)92(75-47-40-59(84(10,11)12)48-64(75)55-28-22-21-23-29-55)77-54-72-70(86(15,16)66-31-25-27-33-68(66)88(72,19)20)52-74(77)89(80)73-51-69-71(87(17,18)67-32-26-24-30-65(67)85(69,13)14)53-76(73)91(78)62-45-38-58(39-46-62)83(7,8)9/h21-54H,1-20H3. The average molecular weight is 1200 g/mol. The Labute approximate surface area is 551 Å². The Bertz CT molecular complexity index is 4530. The molecule has 2 heterocycles. The molecule has 10 aromatic carbocycles. The van der Waals surface area contributed by atoms with Gasteiger partial charge in [-0.05, 0) is 183 Å². The fourth-order valence-electron chi connectivity index (χ4n) is 16.4. The van der Waals surface area contributed by atoms with E-state index in [-0.39, 0.29) is 50.0 Å². The van der Waals surface area contributed by atoms with E-state index in [4.69, 9.17) is 0 Å². The number of benzene rings is 10. The molecule has 2 aliphatic heterocycles. The number of fused-ring (bicyclic) bond motifs is 8. The van der Waals surface area contributed by atoms with Crippen LogP contribution in [0.3, 0.4) is 0 Å². The lowest BCUT2D eigenvalue weighted by Crippen LogP contribution is -2.62. The monoisotopic (exact) mass is 1200 g/mol. The molecule has 0 fully saturated rings. The molecule has 464 valence electrons. The van der Waals surface area contributed by atoms with Crippen LogP contribution in [0.1, 0.15) is 205 Å². The number of anilines is 9. The normalized spacial score (nSPS) is 16.3. The molecule has 0 radical (unpaired) electrons. The predicted molar refractivity (Wildman–Crippen MR) is 397 cm³/mol. The van der Waals surface area contributed by atoms with Crippen molar-refractivity contribution in [3.63, 3.8) is 0 Å². The van der Waals surface area contributed by atoms with Crippen molar-refractivity contribution in [2.24, 2.45) is 0 Å². The van der Waals surface area contributed by atoms with Crippen LogP contribution in [0.2, 0.25) is 0 Å². The maximum absolute atomic E-state index is 2.73. The van der Waals surface area contributed by atoms with Gasteiger partial charge in [-0.15, -0.1) is 0 Å². The van der Waals surface area contributed by atoms with Crippen LogP contribution < -0.4 is 31.1 Å². The summed E-state index contributed by atoms with van der Waals surface area (Å²) in [7, 11) is 0. The molecule has 0 amide bonds. The van der Waals surface area contributed by atoms with Gasteiger partial charge in [0, 0.05) is 67.0 Å². The van der Waals surface area contributed by atoms with Crippen molar-refractivity contribution in [3.8, 4) is 11.1 Å². The summed E-state index contributed by atoms with van der Waals surface area (Å²) in [5, 5.41) is 0. The van der Waals surface area contributed by atoms with Crippen LogP contribution in [-0.2, 0) is 43.3 Å². The van der Waals surface area contributed by atoms with Crippen molar-refractivity contribution < 1.29 is 0 Å². The summed E-state index contributed by atoms with van der Waals surface area (Å²) in [4.78, 5) is 7.95. The van der Waals surface area contributed by atoms with Gasteiger partial charge in [-0.3, -0.25) is 0 Å². The van der Waals surface area contributed by atoms with Gasteiger partial charge in [0.25, 0.3) is 6.71 Å². The number of nitrogens with zero attached hydrogens (tertiary/aromatic N) is 3. The Hall–Kier alpha value is -8.34. The first kappa shape index (κ1) is 61.2. The summed E-state index contributed by atoms with van der Waals surface area (Å²) < 4.78 is 0. The average Bonchev–Trinajstić information content (AvgIpc) is 0.680. The maximum atomic E-state index is 2.73. The third-order valence-corrected chi connectivity index (χ3v) is 22.0. The van der Waals surface area contributed by atoms with E-state index in [0.717, 1.165) is 28.4 Å². The van der Waals surface area contributed by atoms with Gasteiger partial charge in [0.05, 0.1) is 11.4 Å². The predicted octanol–water partition coefficient (Wildman–Crippen LogP) is 22.0. The highest BCUT2D eigenvalue weighted by atomic mass is 15.2. The van der Waals surface area contributed by atoms with Gasteiger partial charge < -0.3 is 14.7 Å². The van der Waals surface area contributed by atoms with Gasteiger partial charge >= 0.3 is 0 Å². The van der Waals surface area contributed by atoms with E-state index in [2.05, 4.69) is 359 Å². The molecule has 92 heavy (non-hydrogen) atoms. The second kappa shape index (κ2) is 20.6. The van der Waals surface area contributed by atoms with Crippen LogP contribution in [0.4, 0.5) is 51.2 Å². The van der Waals surface area contributed by atoms with Gasteiger partial charge in [-0.25, -0.2) is 0 Å². The minimum absolute atomic E-state index is 0.0257. The molecule has 0 saturated carbocycles. The summed E-state index contributed by atoms with van der Waals surface area (Å²) >= 11 is 0. The van der Waals surface area contributed by atoms with Crippen molar-refractivity contribution >= 4 is 74.3 Å². The summed E-state index contributed by atoms with van der Waals surface area (Å²) in [5.41, 5.74) is 31.8. The van der Waals surface area contributed by atoms with Crippen LogP contribution in [0.5, 0.6) is 0 Å². The van der Waals surface area contributed by atoms with Crippen LogP contribution in [-0.4, -0.2) is 6.71 Å². The molecular weight excluding hydrogens is 1110 g/mol. The molecule has 0 unspecified atom stereocenters. The van der Waals surface area contributed by atoms with Crippen molar-refractivity contribution in [2.75, 3.05) is 14.7 Å². The first-order chi connectivity index (χ1) is 43.2. The molecule has 0 atom stereocenters. The zero-order valence-electron chi connectivity index (χ0n) is 58.5. The first-order valence-corrected chi connectivity index (χ1v) is 33.9. The van der Waals surface area contributed by atoms with Gasteiger partial charge in [0.1, 0.15) is 0 Å². The highest BCUT2D eigenvalue weighted by molar-refractivity contribution is 7.00. The second-order valence-electron chi connectivity index (χ2n) is 33.6. The van der Waals surface area contributed by atoms with E-state index in [1.54, 1.807) is 0 Å². The smallest absolute Gasteiger partial charge is 0.252 e. The zero-order valence-corrected chi connectivity index (χ0v) is 58.5. The fraction of sp³-hybridized carbons (Fsp3) is 0.318. The molecule has 2 aliphatic carbocycles. The summed E-state index contributed by atoms with van der Waals surface area (Å²) in [6, 6.07) is 81.4. The van der Waals surface area contributed by atoms with Crippen molar-refractivity contribution in [1.29, 1.82) is 0 Å². The Balaban J connectivity index is 1.18. The number of hydrogen-bond donors (Lipinski definition) is 0. The lowest BCUT2D eigenvalue weighted by Gasteiger charge is -2.50. The lowest BCUT2D eigenvalue weighted by molar-refractivity contribution is 0.521. The van der Waals surface area contributed by atoms with Gasteiger partial charge in [-0.2, -0.15) is 0 Å². The molecule has 0 saturated heterocycles. The third kappa shape index (κ3) is 9.49. The Morgan fingerprint density at radius 3 is 1.04 bits per heavy atom. The maximum Gasteiger partial charge on any atom is 0.252 e. The van der Waals surface area contributed by atoms with Crippen LogP contribution in [0.15, 0.2) is 206 Å². The van der Waals surface area contributed by atoms with Crippen LogP contribution >= 0.6 is 0 Å². The summed E-state index contributed by atoms with van der Waals surface area (Å²) in [5.74, 6) is 0. The van der Waals surface area contributed by atoms with E-state index in [9.17, 15) is 0 Å². The Morgan fingerprint density at radius 1 is 0.293 bits per heavy atom. The fourth-order valence-corrected chi connectivity index (χ4v) is 16.4. The second-order valence-corrected chi connectivity index (χ2v) is 33.6. The highest BCUT2D eigenvalue weighted by Gasteiger charge is 2.51. The zero-order chi connectivity index (χ0) is 65.4. The molecule has 0 spiro atoms. The van der Waals surface area contributed by atoms with Crippen molar-refractivity contribution in [2.45, 2.75) is 182 Å². The molecule has 4 heteroatoms. The molecule has 14 rings (SSSR count). The van der Waals surface area contributed by atoms with E-state index < -0.39 is 0 Å². The van der Waals surface area contributed by atoms with Crippen molar-refractivity contribution in [3.05, 3.63) is 273 Å². The molecule has 3 nitrogen and oxygen atoms in total. The molecular formula is C88H94BN3. The number of rotatable bonds is 6. The van der Waals surface area contributed by atoms with E-state index >= 15 is 0 Å². The van der Waals surface area contributed by atoms with E-state index in [1.165, 1.54) is 117 Å². The quantitative estimate of drug-likeness (QED) is 0.154. The van der Waals surface area contributed by atoms with Gasteiger partial charge in [0.2, 0.25) is 0 Å². The minimum atomic E-state index is -0.314. The molecule has 0 N–H and O–H groups in total. The van der Waals surface area contributed by atoms with E-state index in [1.807, 2.05) is 0 Å². The van der Waals surface area contributed by atoms with Crippen LogP contribution in [0, 0.1) is 0 Å². The SMILES string of the molecule is CC(C)(C)c1ccc(N(c2ccc(C(C)(C)C)cc2)c2cc3c4c(c2)N(c2ccc(C(C)(C)C)cc2-c2ccccc2)c2cc5c(cc2B4c2cc4c(cc2N3c2ccc(C(C)(C)C)cc2)C(C)(C)c2ccccc2C4(C)C)C(C)(C)c2ccccc2C5(C)C)cc1. The van der Waals surface area contributed by atoms with E-state index in [0.29, 0.717) is 0 Å². The highest BCUT2D eigenvalue weighted by Crippen LogP contribution is 2.57. The summed E-state index contributed by atoms with van der Waals surface area (Å²) in [6.45, 7) is 47.5. The van der Waals surface area contributed by atoms with Gasteiger partial charge in [0.15, 0.2) is 0 Å². The molecule has 0 bridgehead atoms. The largest absolute Gasteiger partial charge is 0.311 e. The molecule has 0 aromatic heterocycles. The molecule has 10 aromatic rings. The van der Waals surface area contributed by atoms with Crippen molar-refractivity contribution in [1.82, 2.24) is 0 Å². The third-order valence-electron chi connectivity index (χ3n) is 22.0. The minimum Gasteiger partial charge on any atom is -0.311 e. The number of hydrogen-bond acceptors (Lipinski definition) is 3. The lowest BCUT2D eigenvalue weighted by atomic mass is 9.32. The topological polar surface area (TPSA) is 9.72 Å². The Morgan fingerprint density at radius 2 is 0.641 bits per heavy atom. The first-order valence-electron chi connectivity index (χ1n) is 33.9. The molecule has 4 aliphatic rings.